The van der Waals surface area contributed by atoms with Crippen LogP contribution in [0, 0.1) is 11.8 Å². The molecule has 106 valence electrons. The maximum Gasteiger partial charge on any atom is 0.157 e. The molecular weight excluding hydrogens is 246 g/mol. The van der Waals surface area contributed by atoms with Gasteiger partial charge in [-0.05, 0) is 43.9 Å². The summed E-state index contributed by atoms with van der Waals surface area (Å²) in [6.45, 7) is 4.32. The topological polar surface area (TPSA) is 60.2 Å². The SMILES string of the molecule is CC1CCCC(S(=O)(=O)C2CC(C)CCC2N)C1. The van der Waals surface area contributed by atoms with Crippen molar-refractivity contribution in [1.82, 2.24) is 0 Å². The molecule has 5 unspecified atom stereocenters. The first-order valence-corrected chi connectivity index (χ1v) is 9.00. The lowest BCUT2D eigenvalue weighted by Gasteiger charge is -2.36. The van der Waals surface area contributed by atoms with Gasteiger partial charge in [-0.1, -0.05) is 26.7 Å². The van der Waals surface area contributed by atoms with Crippen molar-refractivity contribution < 1.29 is 8.42 Å². The molecule has 0 aromatic carbocycles. The highest BCUT2D eigenvalue weighted by Crippen LogP contribution is 2.35. The van der Waals surface area contributed by atoms with E-state index in [2.05, 4.69) is 13.8 Å². The van der Waals surface area contributed by atoms with E-state index < -0.39 is 9.84 Å². The van der Waals surface area contributed by atoms with Crippen LogP contribution in [0.5, 0.6) is 0 Å². The predicted molar refractivity (Wildman–Crippen MR) is 75.1 cm³/mol. The molecule has 0 heterocycles. The van der Waals surface area contributed by atoms with E-state index in [1.165, 1.54) is 6.42 Å². The zero-order valence-electron chi connectivity index (χ0n) is 11.6. The van der Waals surface area contributed by atoms with Crippen molar-refractivity contribution in [3.8, 4) is 0 Å². The molecule has 0 amide bonds. The zero-order valence-corrected chi connectivity index (χ0v) is 12.5. The van der Waals surface area contributed by atoms with Crippen LogP contribution in [-0.2, 0) is 9.84 Å². The molecular formula is C14H27NO2S. The Morgan fingerprint density at radius 2 is 1.61 bits per heavy atom. The van der Waals surface area contributed by atoms with Crippen molar-refractivity contribution in [1.29, 1.82) is 0 Å². The molecule has 2 aliphatic rings. The van der Waals surface area contributed by atoms with Gasteiger partial charge in [0, 0.05) is 6.04 Å². The largest absolute Gasteiger partial charge is 0.327 e. The summed E-state index contributed by atoms with van der Waals surface area (Å²) in [6, 6.07) is -0.136. The Kier molecular flexibility index (Phi) is 4.37. The van der Waals surface area contributed by atoms with Crippen molar-refractivity contribution in [2.24, 2.45) is 17.6 Å². The quantitative estimate of drug-likeness (QED) is 0.841. The third-order valence-electron chi connectivity index (χ3n) is 4.88. The Balaban J connectivity index is 2.13. The highest BCUT2D eigenvalue weighted by molar-refractivity contribution is 7.92. The maximum atomic E-state index is 12.8. The number of hydrogen-bond acceptors (Lipinski definition) is 3. The van der Waals surface area contributed by atoms with Crippen molar-refractivity contribution in [2.75, 3.05) is 0 Å². The number of hydrogen-bond donors (Lipinski definition) is 1. The summed E-state index contributed by atoms with van der Waals surface area (Å²) < 4.78 is 25.5. The highest BCUT2D eigenvalue weighted by Gasteiger charge is 2.41. The molecule has 0 radical (unpaired) electrons. The van der Waals surface area contributed by atoms with Crippen LogP contribution in [0.25, 0.3) is 0 Å². The lowest BCUT2D eigenvalue weighted by atomic mass is 9.87. The van der Waals surface area contributed by atoms with Gasteiger partial charge in [-0.3, -0.25) is 0 Å². The van der Waals surface area contributed by atoms with Crippen LogP contribution in [0.2, 0.25) is 0 Å². The van der Waals surface area contributed by atoms with Crippen LogP contribution in [0.4, 0.5) is 0 Å². The molecule has 5 atom stereocenters. The van der Waals surface area contributed by atoms with E-state index in [0.29, 0.717) is 11.8 Å². The molecule has 0 spiro atoms. The maximum absolute atomic E-state index is 12.8. The summed E-state index contributed by atoms with van der Waals surface area (Å²) in [6.07, 6.45) is 6.65. The monoisotopic (exact) mass is 273 g/mol. The minimum absolute atomic E-state index is 0.123. The number of nitrogens with two attached hydrogens (primary N) is 1. The molecule has 0 bridgehead atoms. The fourth-order valence-electron chi connectivity index (χ4n) is 3.65. The molecule has 0 saturated heterocycles. The van der Waals surface area contributed by atoms with E-state index in [4.69, 9.17) is 5.73 Å². The molecule has 18 heavy (non-hydrogen) atoms. The third-order valence-corrected chi connectivity index (χ3v) is 7.62. The Bertz CT molecular complexity index is 379. The molecule has 2 rings (SSSR count). The van der Waals surface area contributed by atoms with E-state index in [0.717, 1.165) is 38.5 Å². The zero-order chi connectivity index (χ0) is 13.3. The van der Waals surface area contributed by atoms with Gasteiger partial charge in [-0.15, -0.1) is 0 Å². The molecule has 0 aromatic rings. The highest BCUT2D eigenvalue weighted by atomic mass is 32.2. The van der Waals surface area contributed by atoms with Crippen molar-refractivity contribution in [2.45, 2.75) is 75.3 Å². The summed E-state index contributed by atoms with van der Waals surface area (Å²) in [5.41, 5.74) is 6.09. The molecule has 0 aromatic heterocycles. The van der Waals surface area contributed by atoms with Crippen LogP contribution >= 0.6 is 0 Å². The van der Waals surface area contributed by atoms with Gasteiger partial charge in [-0.2, -0.15) is 0 Å². The van der Waals surface area contributed by atoms with Crippen LogP contribution in [0.3, 0.4) is 0 Å². The van der Waals surface area contributed by atoms with Gasteiger partial charge in [-0.25, -0.2) is 8.42 Å². The van der Waals surface area contributed by atoms with Crippen molar-refractivity contribution >= 4 is 9.84 Å². The smallest absolute Gasteiger partial charge is 0.157 e. The average Bonchev–Trinajstić information content (AvgIpc) is 2.32. The standard InChI is InChI=1S/C14H27NO2S/c1-10-4-3-5-12(8-10)18(16,17)14-9-11(2)6-7-13(14)15/h10-14H,3-9,15H2,1-2H3. The second-order valence-electron chi connectivity index (χ2n) is 6.60. The summed E-state index contributed by atoms with van der Waals surface area (Å²) in [5, 5.41) is -0.404. The molecule has 2 saturated carbocycles. The molecule has 4 heteroatoms. The average molecular weight is 273 g/mol. The first-order valence-electron chi connectivity index (χ1n) is 7.39. The fraction of sp³-hybridized carbons (Fsp3) is 1.00. The molecule has 2 aliphatic carbocycles. The predicted octanol–water partition coefficient (Wildman–Crippen LogP) is 2.50. The van der Waals surface area contributed by atoms with Crippen LogP contribution in [0.1, 0.15) is 58.8 Å². The van der Waals surface area contributed by atoms with Gasteiger partial charge >= 0.3 is 0 Å². The van der Waals surface area contributed by atoms with Gasteiger partial charge < -0.3 is 5.73 Å². The number of sulfone groups is 1. The Morgan fingerprint density at radius 3 is 2.28 bits per heavy atom. The summed E-state index contributed by atoms with van der Waals surface area (Å²) in [7, 11) is -3.03. The molecule has 0 aliphatic heterocycles. The Hall–Kier alpha value is -0.0900. The first-order chi connectivity index (χ1) is 8.41. The van der Waals surface area contributed by atoms with Crippen LogP contribution < -0.4 is 5.73 Å². The van der Waals surface area contributed by atoms with Gasteiger partial charge in [0.25, 0.3) is 0 Å². The lowest BCUT2D eigenvalue weighted by molar-refractivity contribution is 0.335. The minimum Gasteiger partial charge on any atom is -0.327 e. The van der Waals surface area contributed by atoms with E-state index in [9.17, 15) is 8.42 Å². The molecule has 2 N–H and O–H groups in total. The Labute approximate surface area is 111 Å². The van der Waals surface area contributed by atoms with Gasteiger partial charge in [0.05, 0.1) is 10.5 Å². The summed E-state index contributed by atoms with van der Waals surface area (Å²) >= 11 is 0. The van der Waals surface area contributed by atoms with E-state index in [1.54, 1.807) is 0 Å². The Morgan fingerprint density at radius 1 is 0.944 bits per heavy atom. The van der Waals surface area contributed by atoms with Crippen LogP contribution in [-0.4, -0.2) is 25.0 Å². The fourth-order valence-corrected chi connectivity index (χ4v) is 6.46. The second-order valence-corrected chi connectivity index (χ2v) is 9.05. The molecule has 2 fully saturated rings. The van der Waals surface area contributed by atoms with Gasteiger partial charge in [0.15, 0.2) is 9.84 Å². The minimum atomic E-state index is -3.03. The van der Waals surface area contributed by atoms with Crippen LogP contribution in [0.15, 0.2) is 0 Å². The van der Waals surface area contributed by atoms with E-state index in [1.807, 2.05) is 0 Å². The summed E-state index contributed by atoms with van der Waals surface area (Å²) in [4.78, 5) is 0. The van der Waals surface area contributed by atoms with E-state index >= 15 is 0 Å². The number of rotatable bonds is 2. The normalized spacial score (nSPS) is 42.7. The molecule has 3 nitrogen and oxygen atoms in total. The summed E-state index contributed by atoms with van der Waals surface area (Å²) in [5.74, 6) is 1.06. The van der Waals surface area contributed by atoms with Gasteiger partial charge in [0.1, 0.15) is 0 Å². The lowest BCUT2D eigenvalue weighted by Crippen LogP contribution is -2.48. The van der Waals surface area contributed by atoms with Crippen molar-refractivity contribution in [3.63, 3.8) is 0 Å². The second kappa shape index (κ2) is 5.49. The third kappa shape index (κ3) is 2.90. The van der Waals surface area contributed by atoms with Crippen molar-refractivity contribution in [3.05, 3.63) is 0 Å². The van der Waals surface area contributed by atoms with E-state index in [-0.39, 0.29) is 16.5 Å². The van der Waals surface area contributed by atoms with Gasteiger partial charge in [0.2, 0.25) is 0 Å². The first kappa shape index (κ1) is 14.3.